The van der Waals surface area contributed by atoms with E-state index in [9.17, 15) is 9.59 Å². The lowest BCUT2D eigenvalue weighted by Crippen LogP contribution is -2.41. The lowest BCUT2D eigenvalue weighted by Gasteiger charge is -2.19. The van der Waals surface area contributed by atoms with Gasteiger partial charge < -0.3 is 21.5 Å². The van der Waals surface area contributed by atoms with Gasteiger partial charge in [0.15, 0.2) is 6.10 Å². The smallest absolute Gasteiger partial charge is 0.260 e. The highest BCUT2D eigenvalue weighted by molar-refractivity contribution is 5.96. The molecule has 1 aromatic rings. The number of anilines is 1. The second kappa shape index (κ2) is 6.47. The summed E-state index contributed by atoms with van der Waals surface area (Å²) in [7, 11) is 0. The molecule has 1 aliphatic rings. The number of primary amides is 1. The van der Waals surface area contributed by atoms with E-state index in [1.54, 1.807) is 13.0 Å². The maximum absolute atomic E-state index is 12.1. The Labute approximate surface area is 123 Å². The number of carbonyl (C=O) groups excluding carboxylic acids is 2. The first-order valence-corrected chi connectivity index (χ1v) is 7.13. The Morgan fingerprint density at radius 3 is 2.62 bits per heavy atom. The highest BCUT2D eigenvalue weighted by Crippen LogP contribution is 2.23. The molecular weight excluding hydrogens is 270 g/mol. The summed E-state index contributed by atoms with van der Waals surface area (Å²) in [5.74, 6) is -0.579. The zero-order chi connectivity index (χ0) is 15.4. The van der Waals surface area contributed by atoms with Gasteiger partial charge in [-0.15, -0.1) is 0 Å². The summed E-state index contributed by atoms with van der Waals surface area (Å²) >= 11 is 0. The van der Waals surface area contributed by atoms with Gasteiger partial charge in [-0.25, -0.2) is 0 Å². The molecule has 1 aliphatic carbocycles. The number of carbonyl (C=O) groups is 2. The second-order valence-electron chi connectivity index (χ2n) is 5.37. The fourth-order valence-electron chi connectivity index (χ4n) is 2.47. The maximum Gasteiger partial charge on any atom is 0.260 e. The molecule has 1 atom stereocenters. The molecule has 6 heteroatoms. The van der Waals surface area contributed by atoms with Crippen LogP contribution >= 0.6 is 0 Å². The van der Waals surface area contributed by atoms with Gasteiger partial charge in [-0.1, -0.05) is 12.8 Å². The van der Waals surface area contributed by atoms with Gasteiger partial charge in [0.05, 0.1) is 5.56 Å². The zero-order valence-corrected chi connectivity index (χ0v) is 12.1. The SMILES string of the molecule is CC(Oc1cc(N)ccc1C(N)=O)C(=O)NC1CCCC1. The van der Waals surface area contributed by atoms with Crippen LogP contribution in [0.5, 0.6) is 5.75 Å². The van der Waals surface area contributed by atoms with Crippen LogP contribution in [-0.2, 0) is 4.79 Å². The predicted molar refractivity (Wildman–Crippen MR) is 79.9 cm³/mol. The molecule has 0 spiro atoms. The molecule has 6 nitrogen and oxygen atoms in total. The third kappa shape index (κ3) is 3.87. The molecule has 2 amide bonds. The Morgan fingerprint density at radius 2 is 2.00 bits per heavy atom. The van der Waals surface area contributed by atoms with Crippen LogP contribution in [0.4, 0.5) is 5.69 Å². The van der Waals surface area contributed by atoms with Crippen LogP contribution in [0.1, 0.15) is 43.0 Å². The summed E-state index contributed by atoms with van der Waals surface area (Å²) < 4.78 is 5.57. The molecule has 2 rings (SSSR count). The zero-order valence-electron chi connectivity index (χ0n) is 12.1. The molecule has 0 heterocycles. The van der Waals surface area contributed by atoms with Crippen molar-refractivity contribution in [3.8, 4) is 5.75 Å². The number of nitrogens with two attached hydrogens (primary N) is 2. The number of hydrogen-bond acceptors (Lipinski definition) is 4. The quantitative estimate of drug-likeness (QED) is 0.708. The Hall–Kier alpha value is -2.24. The molecule has 1 aromatic carbocycles. The van der Waals surface area contributed by atoms with Crippen molar-refractivity contribution in [3.05, 3.63) is 23.8 Å². The van der Waals surface area contributed by atoms with E-state index in [1.165, 1.54) is 12.1 Å². The van der Waals surface area contributed by atoms with Crippen molar-refractivity contribution < 1.29 is 14.3 Å². The van der Waals surface area contributed by atoms with Crippen molar-refractivity contribution in [2.45, 2.75) is 44.8 Å². The molecule has 0 aromatic heterocycles. The van der Waals surface area contributed by atoms with Crippen LogP contribution in [0.25, 0.3) is 0 Å². The first-order valence-electron chi connectivity index (χ1n) is 7.13. The fraction of sp³-hybridized carbons (Fsp3) is 0.467. The van der Waals surface area contributed by atoms with E-state index >= 15 is 0 Å². The van der Waals surface area contributed by atoms with Crippen LogP contribution in [0.3, 0.4) is 0 Å². The first-order chi connectivity index (χ1) is 9.97. The Bertz CT molecular complexity index is 539. The van der Waals surface area contributed by atoms with Crippen molar-refractivity contribution in [1.82, 2.24) is 5.32 Å². The van der Waals surface area contributed by atoms with Gasteiger partial charge in [0.25, 0.3) is 11.8 Å². The number of nitrogens with one attached hydrogen (secondary N) is 1. The van der Waals surface area contributed by atoms with E-state index < -0.39 is 12.0 Å². The van der Waals surface area contributed by atoms with E-state index in [4.69, 9.17) is 16.2 Å². The van der Waals surface area contributed by atoms with Gasteiger partial charge in [0, 0.05) is 17.8 Å². The minimum atomic E-state index is -0.717. The van der Waals surface area contributed by atoms with Crippen molar-refractivity contribution in [2.24, 2.45) is 5.73 Å². The minimum Gasteiger partial charge on any atom is -0.480 e. The van der Waals surface area contributed by atoms with E-state index in [0.717, 1.165) is 25.7 Å². The number of amides is 2. The molecule has 114 valence electrons. The molecule has 5 N–H and O–H groups in total. The third-order valence-electron chi connectivity index (χ3n) is 3.65. The number of benzene rings is 1. The number of rotatable bonds is 5. The number of ether oxygens (including phenoxy) is 1. The fourth-order valence-corrected chi connectivity index (χ4v) is 2.47. The van der Waals surface area contributed by atoms with Gasteiger partial charge >= 0.3 is 0 Å². The van der Waals surface area contributed by atoms with E-state index in [2.05, 4.69) is 5.32 Å². The van der Waals surface area contributed by atoms with Crippen molar-refractivity contribution >= 4 is 17.5 Å². The summed E-state index contributed by atoms with van der Waals surface area (Å²) in [5, 5.41) is 2.95. The van der Waals surface area contributed by atoms with Gasteiger partial charge in [-0.05, 0) is 31.9 Å². The molecule has 1 fully saturated rings. The Morgan fingerprint density at radius 1 is 1.33 bits per heavy atom. The molecule has 21 heavy (non-hydrogen) atoms. The Kier molecular flexibility index (Phi) is 4.67. The first kappa shape index (κ1) is 15.2. The van der Waals surface area contributed by atoms with Crippen molar-refractivity contribution in [3.63, 3.8) is 0 Å². The summed E-state index contributed by atoms with van der Waals surface area (Å²) in [5.41, 5.74) is 11.6. The van der Waals surface area contributed by atoms with Gasteiger partial charge in [-0.2, -0.15) is 0 Å². The van der Waals surface area contributed by atoms with E-state index in [0.29, 0.717) is 5.69 Å². The van der Waals surface area contributed by atoms with Gasteiger partial charge in [0.1, 0.15) is 5.75 Å². The average molecular weight is 291 g/mol. The van der Waals surface area contributed by atoms with Crippen LogP contribution < -0.4 is 21.5 Å². The molecule has 1 unspecified atom stereocenters. The normalized spacial score (nSPS) is 16.4. The highest BCUT2D eigenvalue weighted by Gasteiger charge is 2.23. The number of nitrogen functional groups attached to an aromatic ring is 1. The monoisotopic (exact) mass is 291 g/mol. The van der Waals surface area contributed by atoms with Crippen LogP contribution in [-0.4, -0.2) is 24.0 Å². The molecule has 0 saturated heterocycles. The minimum absolute atomic E-state index is 0.195. The molecule has 0 bridgehead atoms. The molecule has 0 radical (unpaired) electrons. The Balaban J connectivity index is 2.04. The van der Waals surface area contributed by atoms with Gasteiger partial charge in [-0.3, -0.25) is 9.59 Å². The summed E-state index contributed by atoms with van der Waals surface area (Å²) in [4.78, 5) is 23.4. The van der Waals surface area contributed by atoms with Crippen LogP contribution in [0, 0.1) is 0 Å². The second-order valence-corrected chi connectivity index (χ2v) is 5.37. The number of hydrogen-bond donors (Lipinski definition) is 3. The van der Waals surface area contributed by atoms with Crippen LogP contribution in [0.2, 0.25) is 0 Å². The summed E-state index contributed by atoms with van der Waals surface area (Å²) in [6.07, 6.45) is 3.57. The average Bonchev–Trinajstić information content (AvgIpc) is 2.91. The van der Waals surface area contributed by atoms with E-state index in [-0.39, 0.29) is 23.3 Å². The van der Waals surface area contributed by atoms with Crippen LogP contribution in [0.15, 0.2) is 18.2 Å². The molecular formula is C15H21N3O3. The maximum atomic E-state index is 12.1. The lowest BCUT2D eigenvalue weighted by molar-refractivity contribution is -0.128. The molecule has 1 saturated carbocycles. The lowest BCUT2D eigenvalue weighted by atomic mass is 10.1. The highest BCUT2D eigenvalue weighted by atomic mass is 16.5. The van der Waals surface area contributed by atoms with Crippen molar-refractivity contribution in [2.75, 3.05) is 5.73 Å². The largest absolute Gasteiger partial charge is 0.480 e. The third-order valence-corrected chi connectivity index (χ3v) is 3.65. The predicted octanol–water partition coefficient (Wildman–Crippen LogP) is 1.19. The van der Waals surface area contributed by atoms with Gasteiger partial charge in [0.2, 0.25) is 0 Å². The van der Waals surface area contributed by atoms with E-state index in [1.807, 2.05) is 0 Å². The summed E-state index contributed by atoms with van der Waals surface area (Å²) in [6.45, 7) is 1.64. The topological polar surface area (TPSA) is 107 Å². The van der Waals surface area contributed by atoms with Crippen molar-refractivity contribution in [1.29, 1.82) is 0 Å². The standard InChI is InChI=1S/C15H21N3O3/c1-9(15(20)18-11-4-2-3-5-11)21-13-8-10(16)6-7-12(13)14(17)19/h6-9,11H,2-5,16H2,1H3,(H2,17,19)(H,18,20). The summed E-state index contributed by atoms with van der Waals surface area (Å²) in [6, 6.07) is 4.78. The molecule has 0 aliphatic heterocycles.